The van der Waals surface area contributed by atoms with Gasteiger partial charge in [-0.3, -0.25) is 9.59 Å². The molecule has 1 fully saturated rings. The SMILES string of the molecule is O=C(CCc1ccc(Cl)cc1)N1CCN(C(=O)c2ccccc2O)CC1. The monoisotopic (exact) mass is 372 g/mol. The van der Waals surface area contributed by atoms with Crippen LogP contribution in [0.3, 0.4) is 0 Å². The molecule has 2 aromatic carbocycles. The molecule has 1 saturated heterocycles. The zero-order chi connectivity index (χ0) is 18.5. The van der Waals surface area contributed by atoms with E-state index in [9.17, 15) is 14.7 Å². The smallest absolute Gasteiger partial charge is 0.257 e. The summed E-state index contributed by atoms with van der Waals surface area (Å²) >= 11 is 5.87. The van der Waals surface area contributed by atoms with E-state index in [0.717, 1.165) is 5.56 Å². The summed E-state index contributed by atoms with van der Waals surface area (Å²) in [7, 11) is 0. The molecule has 5 nitrogen and oxygen atoms in total. The Morgan fingerprint density at radius 3 is 2.19 bits per heavy atom. The lowest BCUT2D eigenvalue weighted by Gasteiger charge is -2.35. The van der Waals surface area contributed by atoms with Crippen molar-refractivity contribution in [3.8, 4) is 5.75 Å². The van der Waals surface area contributed by atoms with Gasteiger partial charge >= 0.3 is 0 Å². The third kappa shape index (κ3) is 4.35. The molecule has 6 heteroatoms. The van der Waals surface area contributed by atoms with Crippen LogP contribution in [0.25, 0.3) is 0 Å². The number of phenols is 1. The number of halogens is 1. The number of piperazine rings is 1. The molecule has 0 spiro atoms. The number of hydrogen-bond donors (Lipinski definition) is 1. The highest BCUT2D eigenvalue weighted by Crippen LogP contribution is 2.19. The Morgan fingerprint density at radius 2 is 1.54 bits per heavy atom. The van der Waals surface area contributed by atoms with Crippen molar-refractivity contribution in [1.29, 1.82) is 0 Å². The van der Waals surface area contributed by atoms with Crippen LogP contribution in [0.15, 0.2) is 48.5 Å². The highest BCUT2D eigenvalue weighted by Gasteiger charge is 2.25. The van der Waals surface area contributed by atoms with Gasteiger partial charge < -0.3 is 14.9 Å². The summed E-state index contributed by atoms with van der Waals surface area (Å²) in [5, 5.41) is 10.5. The van der Waals surface area contributed by atoms with Crippen molar-refractivity contribution in [3.05, 3.63) is 64.7 Å². The third-order valence-electron chi connectivity index (χ3n) is 4.59. The van der Waals surface area contributed by atoms with Gasteiger partial charge in [0.15, 0.2) is 0 Å². The van der Waals surface area contributed by atoms with Gasteiger partial charge in [-0.1, -0.05) is 35.9 Å². The summed E-state index contributed by atoms with van der Waals surface area (Å²) < 4.78 is 0. The topological polar surface area (TPSA) is 60.9 Å². The van der Waals surface area contributed by atoms with Crippen molar-refractivity contribution < 1.29 is 14.7 Å². The van der Waals surface area contributed by atoms with Crippen molar-refractivity contribution in [1.82, 2.24) is 9.80 Å². The van der Waals surface area contributed by atoms with Gasteiger partial charge in [0.1, 0.15) is 5.75 Å². The van der Waals surface area contributed by atoms with Crippen LogP contribution in [0.4, 0.5) is 0 Å². The van der Waals surface area contributed by atoms with Crippen LogP contribution in [-0.4, -0.2) is 52.9 Å². The molecule has 1 heterocycles. The highest BCUT2D eigenvalue weighted by atomic mass is 35.5. The number of benzene rings is 2. The molecule has 2 aromatic rings. The van der Waals surface area contributed by atoms with Crippen LogP contribution in [0.2, 0.25) is 5.02 Å². The normalized spacial score (nSPS) is 14.3. The number of carbonyl (C=O) groups is 2. The Balaban J connectivity index is 1.50. The first kappa shape index (κ1) is 18.3. The molecule has 1 N–H and O–H groups in total. The number of para-hydroxylation sites is 1. The van der Waals surface area contributed by atoms with E-state index in [1.807, 2.05) is 24.3 Å². The Bertz CT molecular complexity index is 784. The summed E-state index contributed by atoms with van der Waals surface area (Å²) in [4.78, 5) is 28.4. The van der Waals surface area contributed by atoms with Crippen molar-refractivity contribution in [2.24, 2.45) is 0 Å². The molecule has 0 radical (unpaired) electrons. The summed E-state index contributed by atoms with van der Waals surface area (Å²) in [6, 6.07) is 14.0. The van der Waals surface area contributed by atoms with Crippen molar-refractivity contribution >= 4 is 23.4 Å². The maximum atomic E-state index is 12.5. The molecule has 1 aliphatic heterocycles. The molecule has 0 bridgehead atoms. The van der Waals surface area contributed by atoms with Crippen LogP contribution in [-0.2, 0) is 11.2 Å². The van der Waals surface area contributed by atoms with Crippen LogP contribution in [0.5, 0.6) is 5.75 Å². The van der Waals surface area contributed by atoms with Crippen LogP contribution >= 0.6 is 11.6 Å². The average molecular weight is 373 g/mol. The number of carbonyl (C=O) groups excluding carboxylic acids is 2. The number of amides is 2. The van der Waals surface area contributed by atoms with E-state index in [2.05, 4.69) is 0 Å². The standard InChI is InChI=1S/C20H21ClN2O3/c21-16-8-5-15(6-9-16)7-10-19(25)22-11-13-23(14-12-22)20(26)17-3-1-2-4-18(17)24/h1-6,8-9,24H,7,10-14H2. The quantitative estimate of drug-likeness (QED) is 0.897. The van der Waals surface area contributed by atoms with Crippen molar-refractivity contribution in [2.75, 3.05) is 26.2 Å². The minimum Gasteiger partial charge on any atom is -0.507 e. The van der Waals surface area contributed by atoms with Gasteiger partial charge in [0, 0.05) is 37.6 Å². The maximum Gasteiger partial charge on any atom is 0.257 e. The average Bonchev–Trinajstić information content (AvgIpc) is 2.67. The Kier molecular flexibility index (Phi) is 5.78. The first-order chi connectivity index (χ1) is 12.5. The molecule has 0 saturated carbocycles. The Hall–Kier alpha value is -2.53. The van der Waals surface area contributed by atoms with Crippen LogP contribution in [0, 0.1) is 0 Å². The summed E-state index contributed by atoms with van der Waals surface area (Å²) in [6.07, 6.45) is 1.11. The number of aromatic hydroxyl groups is 1. The summed E-state index contributed by atoms with van der Waals surface area (Å²) in [5.74, 6) is -0.120. The molecule has 0 unspecified atom stereocenters. The van der Waals surface area contributed by atoms with Crippen LogP contribution < -0.4 is 0 Å². The first-order valence-corrected chi connectivity index (χ1v) is 9.02. The maximum absolute atomic E-state index is 12.5. The molecule has 2 amide bonds. The molecule has 0 aromatic heterocycles. The van der Waals surface area contributed by atoms with E-state index < -0.39 is 0 Å². The number of rotatable bonds is 4. The van der Waals surface area contributed by atoms with Gasteiger partial charge in [0.2, 0.25) is 5.91 Å². The van der Waals surface area contributed by atoms with E-state index >= 15 is 0 Å². The largest absolute Gasteiger partial charge is 0.507 e. The number of aryl methyl sites for hydroxylation is 1. The Labute approximate surface area is 157 Å². The highest BCUT2D eigenvalue weighted by molar-refractivity contribution is 6.30. The van der Waals surface area contributed by atoms with Gasteiger partial charge in [0.05, 0.1) is 5.56 Å². The van der Waals surface area contributed by atoms with E-state index in [1.54, 1.807) is 28.0 Å². The van der Waals surface area contributed by atoms with E-state index in [1.165, 1.54) is 6.07 Å². The summed E-state index contributed by atoms with van der Waals surface area (Å²) in [6.45, 7) is 1.97. The molecule has 136 valence electrons. The van der Waals surface area contributed by atoms with E-state index in [4.69, 9.17) is 11.6 Å². The van der Waals surface area contributed by atoms with Gasteiger partial charge in [-0.2, -0.15) is 0 Å². The van der Waals surface area contributed by atoms with Crippen molar-refractivity contribution in [3.63, 3.8) is 0 Å². The zero-order valence-electron chi connectivity index (χ0n) is 14.4. The number of hydrogen-bond acceptors (Lipinski definition) is 3. The molecule has 26 heavy (non-hydrogen) atoms. The number of phenolic OH excluding ortho intramolecular Hbond substituents is 1. The van der Waals surface area contributed by atoms with Gasteiger partial charge in [0.25, 0.3) is 5.91 Å². The van der Waals surface area contributed by atoms with Crippen molar-refractivity contribution in [2.45, 2.75) is 12.8 Å². The minimum absolute atomic E-state index is 0.0148. The van der Waals surface area contributed by atoms with Gasteiger partial charge in [-0.15, -0.1) is 0 Å². The second-order valence-corrected chi connectivity index (χ2v) is 6.75. The fraction of sp³-hybridized carbons (Fsp3) is 0.300. The molecular formula is C20H21ClN2O3. The van der Waals surface area contributed by atoms with Gasteiger partial charge in [-0.05, 0) is 36.2 Å². The second-order valence-electron chi connectivity index (χ2n) is 6.32. The first-order valence-electron chi connectivity index (χ1n) is 8.64. The second kappa shape index (κ2) is 8.23. The van der Waals surface area contributed by atoms with Crippen LogP contribution in [0.1, 0.15) is 22.3 Å². The molecule has 0 atom stereocenters. The lowest BCUT2D eigenvalue weighted by atomic mass is 10.1. The minimum atomic E-state index is -0.198. The fourth-order valence-corrected chi connectivity index (χ4v) is 3.17. The Morgan fingerprint density at radius 1 is 0.923 bits per heavy atom. The third-order valence-corrected chi connectivity index (χ3v) is 4.85. The molecule has 0 aliphatic carbocycles. The van der Waals surface area contributed by atoms with Gasteiger partial charge in [-0.25, -0.2) is 0 Å². The van der Waals surface area contributed by atoms with E-state index in [-0.39, 0.29) is 17.6 Å². The predicted molar refractivity (Wildman–Crippen MR) is 100 cm³/mol. The molecule has 1 aliphatic rings. The predicted octanol–water partition coefficient (Wildman–Crippen LogP) is 2.96. The molecule has 3 rings (SSSR count). The lowest BCUT2D eigenvalue weighted by molar-refractivity contribution is -0.132. The molecular weight excluding hydrogens is 352 g/mol. The zero-order valence-corrected chi connectivity index (χ0v) is 15.2. The number of nitrogens with zero attached hydrogens (tertiary/aromatic N) is 2. The fourth-order valence-electron chi connectivity index (χ4n) is 3.04. The van der Waals surface area contributed by atoms with E-state index in [0.29, 0.717) is 49.6 Å². The summed E-state index contributed by atoms with van der Waals surface area (Å²) in [5.41, 5.74) is 1.38. The lowest BCUT2D eigenvalue weighted by Crippen LogP contribution is -2.50.